The van der Waals surface area contributed by atoms with Crippen LogP contribution in [0.25, 0.3) is 0 Å². The van der Waals surface area contributed by atoms with E-state index in [9.17, 15) is 4.79 Å². The standard InChI is InChI=1S/C10H16BNO2/c1-9-5-4-6-7(10(9,2)11-9)14-8(13)12(6)3/h6-7,11H,4-5H2,1-3H3/t6?,7-,9?,10?/m1/s1. The molecule has 3 rings (SSSR count). The van der Waals surface area contributed by atoms with E-state index >= 15 is 0 Å². The Labute approximate surface area is 85.0 Å². The number of likely N-dealkylation sites (N-methyl/N-ethyl adjacent to an activating group) is 1. The zero-order chi connectivity index (χ0) is 10.1. The lowest BCUT2D eigenvalue weighted by molar-refractivity contribution is 0.0894. The van der Waals surface area contributed by atoms with Crippen molar-refractivity contribution >= 4 is 13.4 Å². The number of rotatable bonds is 0. The summed E-state index contributed by atoms with van der Waals surface area (Å²) in [6.07, 6.45) is 2.38. The molecule has 3 aliphatic rings. The number of amides is 1. The minimum absolute atomic E-state index is 0.127. The fourth-order valence-electron chi connectivity index (χ4n) is 3.56. The number of fused-ring (bicyclic) bond motifs is 3. The number of carbonyl (C=O) groups excluding carboxylic acids is 1. The van der Waals surface area contributed by atoms with Crippen LogP contribution in [0.5, 0.6) is 0 Å². The van der Waals surface area contributed by atoms with Crippen LogP contribution in [0.4, 0.5) is 4.79 Å². The molecule has 0 aromatic carbocycles. The summed E-state index contributed by atoms with van der Waals surface area (Å²) in [6.45, 7) is 4.60. The van der Waals surface area contributed by atoms with Crippen molar-refractivity contribution in [2.45, 2.75) is 49.5 Å². The molecule has 0 N–H and O–H groups in total. The Hall–Kier alpha value is -0.665. The van der Waals surface area contributed by atoms with E-state index in [0.717, 1.165) is 6.42 Å². The zero-order valence-corrected chi connectivity index (χ0v) is 9.04. The van der Waals surface area contributed by atoms with Crippen molar-refractivity contribution in [3.63, 3.8) is 0 Å². The minimum Gasteiger partial charge on any atom is -0.444 e. The Kier molecular flexibility index (Phi) is 1.31. The van der Waals surface area contributed by atoms with Gasteiger partial charge in [0.15, 0.2) is 0 Å². The SMILES string of the molecule is CN1C(=O)O[C@@H]2C1CCC1(C)BC21C. The first kappa shape index (κ1) is 8.63. The maximum Gasteiger partial charge on any atom is 0.410 e. The Morgan fingerprint density at radius 3 is 3.00 bits per heavy atom. The summed E-state index contributed by atoms with van der Waals surface area (Å²) < 4.78 is 5.49. The van der Waals surface area contributed by atoms with Crippen molar-refractivity contribution in [3.05, 3.63) is 0 Å². The highest BCUT2D eigenvalue weighted by Gasteiger charge is 2.72. The van der Waals surface area contributed by atoms with Crippen molar-refractivity contribution in [3.8, 4) is 0 Å². The summed E-state index contributed by atoms with van der Waals surface area (Å²) in [5, 5.41) is 0.704. The van der Waals surface area contributed by atoms with Gasteiger partial charge in [0.1, 0.15) is 13.4 Å². The second-order valence-electron chi connectivity index (χ2n) is 5.68. The summed E-state index contributed by atoms with van der Waals surface area (Å²) in [4.78, 5) is 13.2. The largest absolute Gasteiger partial charge is 0.444 e. The number of nitrogens with zero attached hydrogens (tertiary/aromatic N) is 1. The predicted molar refractivity (Wildman–Crippen MR) is 54.9 cm³/mol. The van der Waals surface area contributed by atoms with Gasteiger partial charge in [0.05, 0.1) is 6.04 Å². The van der Waals surface area contributed by atoms with Gasteiger partial charge in [-0.1, -0.05) is 25.6 Å². The van der Waals surface area contributed by atoms with Gasteiger partial charge in [-0.05, 0) is 11.7 Å². The number of hydrogen-bond donors (Lipinski definition) is 0. The maximum absolute atomic E-state index is 11.5. The highest BCUT2D eigenvalue weighted by Crippen LogP contribution is 2.76. The van der Waals surface area contributed by atoms with E-state index in [1.54, 1.807) is 4.90 Å². The Morgan fingerprint density at radius 1 is 1.57 bits per heavy atom. The summed E-state index contributed by atoms with van der Waals surface area (Å²) in [7, 11) is 3.09. The van der Waals surface area contributed by atoms with Crippen LogP contribution < -0.4 is 0 Å². The van der Waals surface area contributed by atoms with Gasteiger partial charge in [-0.25, -0.2) is 4.79 Å². The lowest BCUT2D eigenvalue weighted by Crippen LogP contribution is -2.39. The third-order valence-electron chi connectivity index (χ3n) is 4.99. The molecule has 0 radical (unpaired) electrons. The maximum atomic E-state index is 11.5. The lowest BCUT2D eigenvalue weighted by atomic mass is 9.76. The molecule has 0 spiro atoms. The number of carbonyl (C=O) groups is 1. The van der Waals surface area contributed by atoms with E-state index in [4.69, 9.17) is 4.74 Å². The van der Waals surface area contributed by atoms with Crippen LogP contribution >= 0.6 is 0 Å². The third-order valence-corrected chi connectivity index (χ3v) is 4.99. The molecule has 14 heavy (non-hydrogen) atoms. The van der Waals surface area contributed by atoms with Crippen LogP contribution in [0.1, 0.15) is 26.7 Å². The molecule has 1 amide bonds. The van der Waals surface area contributed by atoms with E-state index in [2.05, 4.69) is 13.8 Å². The van der Waals surface area contributed by atoms with Gasteiger partial charge >= 0.3 is 6.09 Å². The van der Waals surface area contributed by atoms with Crippen molar-refractivity contribution in [1.82, 2.24) is 4.90 Å². The number of ether oxygens (including phenoxy) is 1. The van der Waals surface area contributed by atoms with Crippen LogP contribution in [0, 0.1) is 0 Å². The zero-order valence-electron chi connectivity index (χ0n) is 9.04. The van der Waals surface area contributed by atoms with Gasteiger partial charge in [0.25, 0.3) is 0 Å². The highest BCUT2D eigenvalue weighted by atomic mass is 16.6. The second kappa shape index (κ2) is 2.12. The van der Waals surface area contributed by atoms with E-state index in [1.165, 1.54) is 13.7 Å². The van der Waals surface area contributed by atoms with E-state index in [-0.39, 0.29) is 17.5 Å². The van der Waals surface area contributed by atoms with E-state index < -0.39 is 0 Å². The normalized spacial score (nSPS) is 54.5. The second-order valence-corrected chi connectivity index (χ2v) is 5.68. The third kappa shape index (κ3) is 0.744. The molecule has 76 valence electrons. The fourth-order valence-corrected chi connectivity index (χ4v) is 3.56. The molecule has 2 heterocycles. The first-order valence-corrected chi connectivity index (χ1v) is 5.41. The first-order valence-electron chi connectivity index (χ1n) is 5.41. The topological polar surface area (TPSA) is 29.5 Å². The van der Waals surface area contributed by atoms with Gasteiger partial charge < -0.3 is 9.64 Å². The molecular formula is C10H16BNO2. The molecule has 1 aliphatic carbocycles. The van der Waals surface area contributed by atoms with Crippen LogP contribution in [0.3, 0.4) is 0 Å². The van der Waals surface area contributed by atoms with E-state index in [0.29, 0.717) is 11.4 Å². The molecule has 2 aliphatic heterocycles. The fraction of sp³-hybridized carbons (Fsp3) is 0.900. The molecule has 0 aromatic heterocycles. The summed E-state index contributed by atoms with van der Waals surface area (Å²) >= 11 is 0. The summed E-state index contributed by atoms with van der Waals surface area (Å²) in [5.41, 5.74) is 0. The quantitative estimate of drug-likeness (QED) is 0.544. The van der Waals surface area contributed by atoms with Gasteiger partial charge in [-0.15, -0.1) is 0 Å². The number of hydrogen-bond acceptors (Lipinski definition) is 2. The monoisotopic (exact) mass is 193 g/mol. The molecule has 0 aromatic rings. The van der Waals surface area contributed by atoms with Crippen LogP contribution in [-0.4, -0.2) is 37.5 Å². The van der Waals surface area contributed by atoms with Crippen molar-refractivity contribution in [1.29, 1.82) is 0 Å². The van der Waals surface area contributed by atoms with Crippen LogP contribution in [0.2, 0.25) is 10.6 Å². The van der Waals surface area contributed by atoms with Crippen molar-refractivity contribution in [2.75, 3.05) is 7.05 Å². The lowest BCUT2D eigenvalue weighted by Gasteiger charge is -2.36. The molecule has 1 saturated carbocycles. The molecule has 0 bridgehead atoms. The Balaban J connectivity index is 1.95. The predicted octanol–water partition coefficient (Wildman–Crippen LogP) is 1.41. The summed E-state index contributed by atoms with van der Waals surface area (Å²) in [5.74, 6) is 0. The Bertz CT molecular complexity index is 321. The summed E-state index contributed by atoms with van der Waals surface area (Å²) in [6, 6.07) is 0.336. The molecule has 4 heteroatoms. The molecule has 4 atom stereocenters. The van der Waals surface area contributed by atoms with Gasteiger partial charge in [-0.3, -0.25) is 0 Å². The van der Waals surface area contributed by atoms with Crippen LogP contribution in [0.15, 0.2) is 0 Å². The molecule has 3 unspecified atom stereocenters. The van der Waals surface area contributed by atoms with Gasteiger partial charge in [0.2, 0.25) is 0 Å². The van der Waals surface area contributed by atoms with Crippen LogP contribution in [-0.2, 0) is 4.74 Å². The minimum atomic E-state index is -0.127. The first-order chi connectivity index (χ1) is 6.48. The average molecular weight is 193 g/mol. The molecule has 3 fully saturated rings. The van der Waals surface area contributed by atoms with Crippen molar-refractivity contribution in [2.24, 2.45) is 0 Å². The molecule has 3 nitrogen and oxygen atoms in total. The average Bonchev–Trinajstić information content (AvgIpc) is 2.57. The van der Waals surface area contributed by atoms with Crippen molar-refractivity contribution < 1.29 is 9.53 Å². The van der Waals surface area contributed by atoms with Gasteiger partial charge in [-0.2, -0.15) is 0 Å². The van der Waals surface area contributed by atoms with Gasteiger partial charge in [0, 0.05) is 7.05 Å². The molecular weight excluding hydrogens is 177 g/mol. The smallest absolute Gasteiger partial charge is 0.410 e. The Morgan fingerprint density at radius 2 is 2.29 bits per heavy atom. The van der Waals surface area contributed by atoms with E-state index in [1.807, 2.05) is 7.05 Å². The molecule has 2 saturated heterocycles. The highest BCUT2D eigenvalue weighted by molar-refractivity contribution is 6.60.